The number of hydrogen-bond donors (Lipinski definition) is 0. The Morgan fingerprint density at radius 1 is 0.429 bits per heavy atom. The van der Waals surface area contributed by atoms with E-state index in [1.165, 1.54) is 0 Å². The molecule has 0 saturated carbocycles. The summed E-state index contributed by atoms with van der Waals surface area (Å²) >= 11 is 0. The lowest BCUT2D eigenvalue weighted by Gasteiger charge is -2.36. The Morgan fingerprint density at radius 3 is 0.810 bits per heavy atom. The first-order chi connectivity index (χ1) is 8.97. The summed E-state index contributed by atoms with van der Waals surface area (Å²) in [7, 11) is 0. The van der Waals surface area contributed by atoms with E-state index in [4.69, 9.17) is 0 Å². The van der Waals surface area contributed by atoms with Crippen LogP contribution in [0.1, 0.15) is 89.5 Å². The molecule has 1 rings (SSSR count). The van der Waals surface area contributed by atoms with Crippen molar-refractivity contribution >= 4 is 0 Å². The molecule has 0 aliphatic heterocycles. The van der Waals surface area contributed by atoms with Crippen molar-refractivity contribution in [1.82, 2.24) is 0 Å². The first-order valence-electron chi connectivity index (χ1n) is 8.46. The van der Waals surface area contributed by atoms with E-state index >= 15 is 0 Å². The van der Waals surface area contributed by atoms with Gasteiger partial charge in [-0.2, -0.15) is 0 Å². The Bertz CT molecular complexity index is 422. The van der Waals surface area contributed by atoms with Crippen LogP contribution < -0.4 is 0 Å². The van der Waals surface area contributed by atoms with Gasteiger partial charge in [-0.25, -0.2) is 0 Å². The summed E-state index contributed by atoms with van der Waals surface area (Å²) in [6.07, 6.45) is 1.16. The Kier molecular flexibility index (Phi) is 4.41. The van der Waals surface area contributed by atoms with Gasteiger partial charge in [-0.1, -0.05) is 94.2 Å². The van der Waals surface area contributed by atoms with Gasteiger partial charge < -0.3 is 0 Å². The molecule has 0 N–H and O–H groups in total. The lowest BCUT2D eigenvalue weighted by molar-refractivity contribution is 0.418. The second-order valence-electron chi connectivity index (χ2n) is 10.9. The zero-order valence-electron chi connectivity index (χ0n) is 16.7. The molecule has 1 aliphatic rings. The van der Waals surface area contributed by atoms with E-state index in [9.17, 15) is 0 Å². The van der Waals surface area contributed by atoms with Gasteiger partial charge >= 0.3 is 0 Å². The van der Waals surface area contributed by atoms with Crippen LogP contribution in [0.3, 0.4) is 0 Å². The standard InChI is InChI=1S/C21H38/c1-18(2,3)14-13-15(19(4,5)6)17(21(10,11)12)16(14)20(7,8)9/h13H2,1-12H3. The van der Waals surface area contributed by atoms with E-state index in [0.29, 0.717) is 0 Å². The van der Waals surface area contributed by atoms with Crippen molar-refractivity contribution in [2.45, 2.75) is 89.5 Å². The van der Waals surface area contributed by atoms with Crippen molar-refractivity contribution in [3.63, 3.8) is 0 Å². The fourth-order valence-corrected chi connectivity index (χ4v) is 3.59. The highest BCUT2D eigenvalue weighted by atomic mass is 14.5. The molecule has 1 aliphatic carbocycles. The topological polar surface area (TPSA) is 0 Å². The molecule has 0 heterocycles. The normalized spacial score (nSPS) is 18.9. The third-order valence-corrected chi connectivity index (χ3v) is 4.52. The monoisotopic (exact) mass is 290 g/mol. The van der Waals surface area contributed by atoms with Crippen LogP contribution in [0.25, 0.3) is 0 Å². The van der Waals surface area contributed by atoms with E-state index in [0.717, 1.165) is 6.42 Å². The molecule has 0 atom stereocenters. The second-order valence-corrected chi connectivity index (χ2v) is 10.9. The molecule has 0 radical (unpaired) electrons. The highest BCUT2D eigenvalue weighted by molar-refractivity contribution is 5.55. The third-order valence-electron chi connectivity index (χ3n) is 4.52. The molecule has 0 bridgehead atoms. The minimum absolute atomic E-state index is 0.207. The third kappa shape index (κ3) is 3.82. The maximum absolute atomic E-state index is 2.38. The summed E-state index contributed by atoms with van der Waals surface area (Å²) in [5, 5.41) is 0. The first-order valence-corrected chi connectivity index (χ1v) is 8.46. The lowest BCUT2D eigenvalue weighted by atomic mass is 9.68. The average molecular weight is 291 g/mol. The fraction of sp³-hybridized carbons (Fsp3) is 0.810. The van der Waals surface area contributed by atoms with Crippen LogP contribution in [0, 0.1) is 21.7 Å². The lowest BCUT2D eigenvalue weighted by Crippen LogP contribution is -2.23. The average Bonchev–Trinajstić information content (AvgIpc) is 2.52. The summed E-state index contributed by atoms with van der Waals surface area (Å²) in [5.41, 5.74) is 7.48. The second kappa shape index (κ2) is 5.00. The van der Waals surface area contributed by atoms with Crippen molar-refractivity contribution in [1.29, 1.82) is 0 Å². The zero-order valence-corrected chi connectivity index (χ0v) is 16.7. The Morgan fingerprint density at radius 2 is 0.667 bits per heavy atom. The quantitative estimate of drug-likeness (QED) is 0.443. The van der Waals surface area contributed by atoms with Crippen LogP contribution in [0.2, 0.25) is 0 Å². The van der Waals surface area contributed by atoms with Gasteiger partial charge in [0.2, 0.25) is 0 Å². The molecule has 0 heteroatoms. The van der Waals surface area contributed by atoms with Crippen LogP contribution in [-0.2, 0) is 0 Å². The number of rotatable bonds is 0. The van der Waals surface area contributed by atoms with Crippen LogP contribution in [-0.4, -0.2) is 0 Å². The molecule has 0 spiro atoms. The highest BCUT2D eigenvalue weighted by Crippen LogP contribution is 2.56. The largest absolute Gasteiger partial charge is 0.0567 e. The van der Waals surface area contributed by atoms with Crippen LogP contribution in [0.5, 0.6) is 0 Å². The van der Waals surface area contributed by atoms with Gasteiger partial charge in [0.1, 0.15) is 0 Å². The number of hydrogen-bond acceptors (Lipinski definition) is 0. The van der Waals surface area contributed by atoms with Crippen molar-refractivity contribution < 1.29 is 0 Å². The van der Waals surface area contributed by atoms with Crippen molar-refractivity contribution in [3.8, 4) is 0 Å². The molecule has 0 fully saturated rings. The van der Waals surface area contributed by atoms with Gasteiger partial charge in [0.25, 0.3) is 0 Å². The first kappa shape index (κ1) is 18.5. The molecule has 0 aromatic rings. The zero-order chi connectivity index (χ0) is 17.0. The summed E-state index contributed by atoms with van der Waals surface area (Å²) < 4.78 is 0. The SMILES string of the molecule is CC(C)(C)C1=C(C(C)(C)C)C(C(C)(C)C)=C(C(C)(C)C)C1. The summed E-state index contributed by atoms with van der Waals surface area (Å²) in [5.74, 6) is 0. The predicted octanol–water partition coefficient (Wildman–Crippen LogP) is 7.17. The molecule has 0 aromatic carbocycles. The minimum atomic E-state index is 0.207. The van der Waals surface area contributed by atoms with Crippen LogP contribution >= 0.6 is 0 Å². The van der Waals surface area contributed by atoms with Crippen molar-refractivity contribution in [2.24, 2.45) is 21.7 Å². The van der Waals surface area contributed by atoms with E-state index in [1.807, 2.05) is 0 Å². The van der Waals surface area contributed by atoms with Crippen molar-refractivity contribution in [3.05, 3.63) is 22.3 Å². The van der Waals surface area contributed by atoms with Gasteiger partial charge in [-0.15, -0.1) is 0 Å². The van der Waals surface area contributed by atoms with Gasteiger partial charge in [-0.05, 0) is 39.2 Å². The fourth-order valence-electron chi connectivity index (χ4n) is 3.59. The van der Waals surface area contributed by atoms with E-state index in [2.05, 4.69) is 83.1 Å². The Labute approximate surface area is 134 Å². The molecule has 122 valence electrons. The molecular weight excluding hydrogens is 252 g/mol. The molecule has 0 saturated heterocycles. The maximum Gasteiger partial charge on any atom is -0.00856 e. The highest BCUT2D eigenvalue weighted by Gasteiger charge is 2.42. The van der Waals surface area contributed by atoms with Gasteiger partial charge in [0, 0.05) is 0 Å². The summed E-state index contributed by atoms with van der Waals surface area (Å²) in [6, 6.07) is 0. The van der Waals surface area contributed by atoms with Gasteiger partial charge in [0.05, 0.1) is 0 Å². The van der Waals surface area contributed by atoms with E-state index in [1.54, 1.807) is 22.3 Å². The summed E-state index contributed by atoms with van der Waals surface area (Å²) in [4.78, 5) is 0. The molecule has 0 unspecified atom stereocenters. The predicted molar refractivity (Wildman–Crippen MR) is 96.5 cm³/mol. The van der Waals surface area contributed by atoms with E-state index < -0.39 is 0 Å². The molecule has 0 nitrogen and oxygen atoms in total. The molecule has 0 amide bonds. The van der Waals surface area contributed by atoms with Gasteiger partial charge in [0.15, 0.2) is 0 Å². The maximum atomic E-state index is 2.38. The minimum Gasteiger partial charge on any atom is -0.0567 e. The van der Waals surface area contributed by atoms with E-state index in [-0.39, 0.29) is 21.7 Å². The Balaban J connectivity index is 3.73. The smallest absolute Gasteiger partial charge is 0.00856 e. The number of allylic oxidation sites excluding steroid dienone is 4. The summed E-state index contributed by atoms with van der Waals surface area (Å²) in [6.45, 7) is 28.5. The Hall–Kier alpha value is -0.520. The molecule has 0 aromatic heterocycles. The van der Waals surface area contributed by atoms with Crippen molar-refractivity contribution in [2.75, 3.05) is 0 Å². The van der Waals surface area contributed by atoms with Gasteiger partial charge in [-0.3, -0.25) is 0 Å². The van der Waals surface area contributed by atoms with Crippen LogP contribution in [0.15, 0.2) is 22.3 Å². The molecular formula is C21H38. The molecule has 21 heavy (non-hydrogen) atoms. The van der Waals surface area contributed by atoms with Crippen LogP contribution in [0.4, 0.5) is 0 Å².